The minimum atomic E-state index is -4.76. The van der Waals surface area contributed by atoms with E-state index in [1.165, 1.54) is 32.3 Å². The van der Waals surface area contributed by atoms with Gasteiger partial charge in [-0.15, -0.1) is 0 Å². The molecule has 8 atom stereocenters. The van der Waals surface area contributed by atoms with E-state index in [0.717, 1.165) is 0 Å². The number of nitrogens with zero attached hydrogens (tertiary/aromatic N) is 5. The number of phosphoric ester groups is 2. The summed E-state index contributed by atoms with van der Waals surface area (Å²) >= 11 is 0. The number of phosphoric acid groups is 2. The molecule has 0 saturated carbocycles. The number of aromatic amines is 2. The molecule has 6 rings (SSSR count). The summed E-state index contributed by atoms with van der Waals surface area (Å²) in [6, 6.07) is 1.43. The van der Waals surface area contributed by atoms with E-state index in [1.54, 1.807) is 7.05 Å². The first-order chi connectivity index (χ1) is 22.8. The number of nitrogen functional groups attached to an aromatic ring is 2. The Labute approximate surface area is 334 Å². The van der Waals surface area contributed by atoms with Gasteiger partial charge in [0.05, 0.1) is 25.6 Å². The van der Waals surface area contributed by atoms with Crippen LogP contribution in [0.15, 0.2) is 28.2 Å². The Hall–Kier alpha value is -1.44. The molecule has 0 unspecified atom stereocenters. The largest absolute Gasteiger partial charge is 0.469 e. The minimum absolute atomic E-state index is 0. The van der Waals surface area contributed by atoms with Crippen LogP contribution in [0.1, 0.15) is 12.5 Å². The third-order valence-electron chi connectivity index (χ3n) is 7.43. The maximum Gasteiger partial charge on any atom is 0.469 e. The van der Waals surface area contributed by atoms with Gasteiger partial charge >= 0.3 is 21.3 Å². The molecule has 25 nitrogen and oxygen atoms in total. The average Bonchev–Trinajstić information content (AvgIpc) is 3.70. The molecule has 2 aliphatic rings. The van der Waals surface area contributed by atoms with Crippen molar-refractivity contribution in [3.8, 4) is 0 Å². The molecule has 2 saturated heterocycles. The molecule has 2 fully saturated rings. The zero-order valence-electron chi connectivity index (χ0n) is 26.0. The Morgan fingerprint density at radius 3 is 1.98 bits per heavy atom. The van der Waals surface area contributed by atoms with Crippen molar-refractivity contribution in [2.24, 2.45) is 7.05 Å². The number of fused-ring (bicyclic) bond motifs is 2. The maximum absolute atomic E-state index is 12.0. The molecule has 14 N–H and O–H groups in total. The molecular weight excluding hydrogens is 886 g/mol. The van der Waals surface area contributed by atoms with E-state index in [9.17, 15) is 39.1 Å². The third kappa shape index (κ3) is 9.81. The number of aliphatic hydroxyl groups excluding tert-OH is 4. The first-order valence-electron chi connectivity index (χ1n) is 13.8. The van der Waals surface area contributed by atoms with E-state index < -0.39 is 89.1 Å². The number of H-pyrrole nitrogens is 2. The molecule has 2 aliphatic heterocycles. The predicted octanol–water partition coefficient (Wildman–Crippen LogP) is -5.11. The summed E-state index contributed by atoms with van der Waals surface area (Å²) in [5.41, 5.74) is 10.5. The molecule has 0 bridgehead atoms. The Morgan fingerprint density at radius 1 is 0.863 bits per heavy atom. The number of hydrogen-bond acceptors (Lipinski definition) is 16. The number of aryl methyl sites for hydroxylation is 1. The van der Waals surface area contributed by atoms with Gasteiger partial charge in [0.1, 0.15) is 36.6 Å². The minimum Gasteiger partial charge on any atom is -0.387 e. The second-order valence-electron chi connectivity index (χ2n) is 10.8. The summed E-state index contributed by atoms with van der Waals surface area (Å²) in [6.45, 7) is -1.27. The van der Waals surface area contributed by atoms with Crippen LogP contribution in [0.25, 0.3) is 22.2 Å². The molecule has 0 aliphatic carbocycles. The van der Waals surface area contributed by atoms with Crippen LogP contribution in [0.5, 0.6) is 0 Å². The van der Waals surface area contributed by atoms with Crippen LogP contribution >= 0.6 is 15.6 Å². The van der Waals surface area contributed by atoms with Crippen molar-refractivity contribution >= 4 is 49.7 Å². The van der Waals surface area contributed by atoms with E-state index in [-0.39, 0.29) is 99.5 Å². The topological polar surface area (TPSA) is 390 Å². The van der Waals surface area contributed by atoms with Crippen molar-refractivity contribution in [2.45, 2.75) is 49.1 Å². The smallest absolute Gasteiger partial charge is 0.387 e. The second-order valence-corrected chi connectivity index (χ2v) is 13.3. The molecule has 0 aromatic carbocycles. The Morgan fingerprint density at radius 2 is 1.39 bits per heavy atom. The van der Waals surface area contributed by atoms with Crippen LogP contribution in [-0.2, 0) is 100 Å². The standard InChI is InChI=1S/C11H16N5O8P.C11H15N4O8P.2Y/c1-15-3-16(8-5(15)9(19)14-11(12)13-8)10-7(18)6(17)4(24-10)2-23-25(20,21)22;12-11-13-8-4(9(18)14-11)1-2-15(8)10-7(17)6(16)5(23-10)3-22-24(19,20)21;;/h3-4,6-7,10,17-18H,2H2,1H3,(H4-,12,13,14,19,20,21,22);1-2,5-7,10,16-17H,3H2,(H2,19,20,21)(H3,12,13,14,18);;/p+1/t4-,6-,7-,10-;5-,6-,7-,10-;;/m11../s1. The number of nitrogens with two attached hydrogens (primary N) is 2. The van der Waals surface area contributed by atoms with E-state index in [2.05, 4.69) is 29.0 Å². The van der Waals surface area contributed by atoms with Gasteiger partial charge in [-0.1, -0.05) is 4.98 Å². The summed E-state index contributed by atoms with van der Waals surface area (Å²) in [6.07, 6.45) is -7.69. The molecule has 29 heteroatoms. The maximum atomic E-state index is 12.0. The van der Waals surface area contributed by atoms with Gasteiger partial charge in [0.2, 0.25) is 17.7 Å². The van der Waals surface area contributed by atoms with Crippen LogP contribution in [0, 0.1) is 0 Å². The fraction of sp³-hybridized carbons (Fsp3) is 0.500. The van der Waals surface area contributed by atoms with Crippen LogP contribution in [0.4, 0.5) is 11.9 Å². The summed E-state index contributed by atoms with van der Waals surface area (Å²) in [7, 11) is -7.95. The number of hydrogen-bond donors (Lipinski definition) is 12. The van der Waals surface area contributed by atoms with Gasteiger partial charge in [-0.3, -0.25) is 33.2 Å². The monoisotopic (exact) mass is 918 g/mol. The third-order valence-corrected chi connectivity index (χ3v) is 8.40. The predicted molar refractivity (Wildman–Crippen MR) is 159 cm³/mol. The fourth-order valence-corrected chi connectivity index (χ4v) is 5.94. The van der Waals surface area contributed by atoms with Gasteiger partial charge in [0, 0.05) is 71.6 Å². The van der Waals surface area contributed by atoms with E-state index in [0.29, 0.717) is 0 Å². The van der Waals surface area contributed by atoms with Crippen LogP contribution in [-0.4, -0.2) is 119 Å². The van der Waals surface area contributed by atoms with E-state index in [4.69, 9.17) is 40.5 Å². The summed E-state index contributed by atoms with van der Waals surface area (Å²) in [5.74, 6) is -0.284. The number of aromatic nitrogens is 7. The molecule has 276 valence electrons. The van der Waals surface area contributed by atoms with Crippen molar-refractivity contribution in [1.29, 1.82) is 0 Å². The number of anilines is 2. The number of aliphatic hydroxyl groups is 4. The van der Waals surface area contributed by atoms with Crippen molar-refractivity contribution in [3.05, 3.63) is 39.3 Å². The molecule has 0 amide bonds. The van der Waals surface area contributed by atoms with Gasteiger partial charge in [-0.05, 0) is 6.07 Å². The van der Waals surface area contributed by atoms with E-state index >= 15 is 0 Å². The first-order valence-corrected chi connectivity index (χ1v) is 16.9. The van der Waals surface area contributed by atoms with Gasteiger partial charge in [0.25, 0.3) is 17.1 Å². The zero-order valence-corrected chi connectivity index (χ0v) is 33.5. The molecule has 4 aromatic heterocycles. The van der Waals surface area contributed by atoms with E-state index in [1.807, 2.05) is 0 Å². The summed E-state index contributed by atoms with van der Waals surface area (Å²) in [4.78, 5) is 71.3. The van der Waals surface area contributed by atoms with Gasteiger partial charge < -0.3 is 65.5 Å². The van der Waals surface area contributed by atoms with Crippen molar-refractivity contribution in [1.82, 2.24) is 29.1 Å². The molecule has 51 heavy (non-hydrogen) atoms. The van der Waals surface area contributed by atoms with Crippen LogP contribution < -0.4 is 27.2 Å². The normalized spacial score (nSPS) is 26.5. The SMILES string of the molecule is Cn1c[n+]([C@@H]2O[C@H](COP(=O)(O)O)[C@@H](O)[C@H]2O)c2nc(N)[nH]c(=O)c21.Nc1nc2c(ccn2[C@@H]2O[C@H](COP(=O)(O)O)[C@@H](O)[C@H]2O)c(=O)[nH]1.[Y].[Y]. The van der Waals surface area contributed by atoms with Crippen molar-refractivity contribution in [3.63, 3.8) is 0 Å². The van der Waals surface area contributed by atoms with Crippen LogP contribution in [0.2, 0.25) is 0 Å². The zero-order chi connectivity index (χ0) is 36.2. The number of rotatable bonds is 8. The van der Waals surface area contributed by atoms with Gasteiger partial charge in [-0.2, -0.15) is 4.98 Å². The van der Waals surface area contributed by atoms with Crippen molar-refractivity contribution < 1.29 is 138 Å². The molecule has 2 radical (unpaired) electrons. The Kier molecular flexibility index (Phi) is 14.6. The van der Waals surface area contributed by atoms with Gasteiger partial charge in [0.15, 0.2) is 18.2 Å². The van der Waals surface area contributed by atoms with Gasteiger partial charge in [-0.25, -0.2) is 13.7 Å². The number of ether oxygens (including phenoxy) is 2. The fourth-order valence-electron chi connectivity index (χ4n) is 5.25. The average molecular weight is 918 g/mol. The summed E-state index contributed by atoms with van der Waals surface area (Å²) < 4.78 is 45.0. The summed E-state index contributed by atoms with van der Waals surface area (Å²) in [5, 5.41) is 40.6. The second kappa shape index (κ2) is 16.9. The molecule has 0 spiro atoms. The molecule has 6 heterocycles. The van der Waals surface area contributed by atoms with Crippen molar-refractivity contribution in [2.75, 3.05) is 24.7 Å². The molecular formula is C22H32N9O16P2Y2+. The Balaban J connectivity index is 0.000000265. The Bertz CT molecular complexity index is 2070. The first kappa shape index (κ1) is 44.0. The van der Waals surface area contributed by atoms with Crippen LogP contribution in [0.3, 0.4) is 0 Å². The quantitative estimate of drug-likeness (QED) is 0.0581. The number of imidazole rings is 1. The number of nitrogens with one attached hydrogen (secondary N) is 2. The molecule has 4 aromatic rings.